The molecule has 1 aliphatic rings. The first kappa shape index (κ1) is 13.0. The van der Waals surface area contributed by atoms with Gasteiger partial charge in [0.15, 0.2) is 0 Å². The molecule has 3 heteroatoms. The Kier molecular flexibility index (Phi) is 3.35. The van der Waals surface area contributed by atoms with Gasteiger partial charge in [-0.2, -0.15) is 0 Å². The van der Waals surface area contributed by atoms with E-state index in [0.717, 1.165) is 46.9 Å². The Morgan fingerprint density at radius 2 is 2.20 bits per heavy atom. The van der Waals surface area contributed by atoms with E-state index in [4.69, 9.17) is 9.15 Å². The number of hydrogen-bond donors (Lipinski definition) is 0. The van der Waals surface area contributed by atoms with Crippen molar-refractivity contribution in [1.82, 2.24) is 4.98 Å². The average Bonchev–Trinajstić information content (AvgIpc) is 2.85. The molecule has 3 nitrogen and oxygen atoms in total. The van der Waals surface area contributed by atoms with Crippen LogP contribution in [0.1, 0.15) is 40.3 Å². The minimum Gasteiger partial charge on any atom is -0.496 e. The van der Waals surface area contributed by atoms with Crippen LogP contribution in [0.2, 0.25) is 0 Å². The standard InChI is InChI=1S/C17H19NO2/c1-11-10-18-15(12(2)17(11)19-3)9-14-8-13-6-4-5-7-16(13)20-14/h4,6,8,10H,5,7,9H2,1-3H3. The van der Waals surface area contributed by atoms with Gasteiger partial charge in [0.05, 0.1) is 12.8 Å². The first-order valence-electron chi connectivity index (χ1n) is 6.96. The van der Waals surface area contributed by atoms with Crippen molar-refractivity contribution in [2.75, 3.05) is 7.11 Å². The van der Waals surface area contributed by atoms with Crippen molar-refractivity contribution in [3.05, 3.63) is 52.2 Å². The number of rotatable bonds is 3. The Hall–Kier alpha value is -2.03. The van der Waals surface area contributed by atoms with Crippen molar-refractivity contribution >= 4 is 6.08 Å². The van der Waals surface area contributed by atoms with Gasteiger partial charge in [-0.1, -0.05) is 12.2 Å². The number of aromatic nitrogens is 1. The number of allylic oxidation sites excluding steroid dienone is 1. The number of hydrogen-bond acceptors (Lipinski definition) is 3. The molecule has 2 aromatic heterocycles. The van der Waals surface area contributed by atoms with Gasteiger partial charge in [0.25, 0.3) is 0 Å². The van der Waals surface area contributed by atoms with E-state index in [0.29, 0.717) is 6.42 Å². The number of pyridine rings is 1. The molecular formula is C17H19NO2. The fraction of sp³-hybridized carbons (Fsp3) is 0.353. The van der Waals surface area contributed by atoms with E-state index < -0.39 is 0 Å². The monoisotopic (exact) mass is 269 g/mol. The molecule has 104 valence electrons. The number of furan rings is 1. The van der Waals surface area contributed by atoms with E-state index >= 15 is 0 Å². The Bertz CT molecular complexity index is 668. The third kappa shape index (κ3) is 2.24. The Morgan fingerprint density at radius 3 is 2.95 bits per heavy atom. The number of ether oxygens (including phenoxy) is 1. The van der Waals surface area contributed by atoms with Crippen molar-refractivity contribution < 1.29 is 9.15 Å². The van der Waals surface area contributed by atoms with Crippen LogP contribution in [0.5, 0.6) is 5.75 Å². The molecule has 20 heavy (non-hydrogen) atoms. The number of methoxy groups -OCH3 is 1. The minimum absolute atomic E-state index is 0.712. The predicted octanol–water partition coefficient (Wildman–Crippen LogP) is 3.85. The van der Waals surface area contributed by atoms with E-state index in [1.54, 1.807) is 7.11 Å². The molecule has 0 atom stereocenters. The highest BCUT2D eigenvalue weighted by molar-refractivity contribution is 5.54. The van der Waals surface area contributed by atoms with Crippen LogP contribution < -0.4 is 4.74 Å². The smallest absolute Gasteiger partial charge is 0.128 e. The van der Waals surface area contributed by atoms with Gasteiger partial charge in [-0.05, 0) is 26.3 Å². The molecular weight excluding hydrogens is 250 g/mol. The summed E-state index contributed by atoms with van der Waals surface area (Å²) in [6, 6.07) is 2.12. The molecule has 0 amide bonds. The second-order valence-electron chi connectivity index (χ2n) is 5.26. The second kappa shape index (κ2) is 5.16. The van der Waals surface area contributed by atoms with Gasteiger partial charge in [0.2, 0.25) is 0 Å². The van der Waals surface area contributed by atoms with E-state index in [1.165, 1.54) is 5.56 Å². The molecule has 0 aromatic carbocycles. The van der Waals surface area contributed by atoms with Crippen LogP contribution in [0.25, 0.3) is 6.08 Å². The first-order chi connectivity index (χ1) is 9.69. The molecule has 0 unspecified atom stereocenters. The highest BCUT2D eigenvalue weighted by Crippen LogP contribution is 2.28. The molecule has 0 bridgehead atoms. The normalized spacial score (nSPS) is 13.3. The Morgan fingerprint density at radius 1 is 1.35 bits per heavy atom. The number of nitrogens with zero attached hydrogens (tertiary/aromatic N) is 1. The van der Waals surface area contributed by atoms with E-state index in [9.17, 15) is 0 Å². The summed E-state index contributed by atoms with van der Waals surface area (Å²) in [6.45, 7) is 4.07. The van der Waals surface area contributed by atoms with Crippen molar-refractivity contribution in [2.45, 2.75) is 33.1 Å². The molecule has 2 aromatic rings. The average molecular weight is 269 g/mol. The molecule has 0 saturated carbocycles. The summed E-state index contributed by atoms with van der Waals surface area (Å²) >= 11 is 0. The van der Waals surface area contributed by atoms with E-state index in [2.05, 4.69) is 30.1 Å². The highest BCUT2D eigenvalue weighted by atomic mass is 16.5. The van der Waals surface area contributed by atoms with Crippen molar-refractivity contribution in [3.8, 4) is 5.75 Å². The Labute approximate surface area is 119 Å². The minimum atomic E-state index is 0.712. The zero-order valence-electron chi connectivity index (χ0n) is 12.2. The van der Waals surface area contributed by atoms with Crippen molar-refractivity contribution in [3.63, 3.8) is 0 Å². The van der Waals surface area contributed by atoms with Gasteiger partial charge in [0.1, 0.15) is 17.3 Å². The summed E-state index contributed by atoms with van der Waals surface area (Å²) in [5.74, 6) is 2.99. The van der Waals surface area contributed by atoms with Crippen LogP contribution in [-0.4, -0.2) is 12.1 Å². The number of fused-ring (bicyclic) bond motifs is 1. The summed E-state index contributed by atoms with van der Waals surface area (Å²) in [4.78, 5) is 4.53. The van der Waals surface area contributed by atoms with Gasteiger partial charge in [0, 0.05) is 35.7 Å². The summed E-state index contributed by atoms with van der Waals surface area (Å²) in [5, 5.41) is 0. The van der Waals surface area contributed by atoms with Crippen LogP contribution in [-0.2, 0) is 12.8 Å². The lowest BCUT2D eigenvalue weighted by molar-refractivity contribution is 0.406. The Balaban J connectivity index is 1.92. The zero-order chi connectivity index (χ0) is 14.1. The van der Waals surface area contributed by atoms with Crippen molar-refractivity contribution in [1.29, 1.82) is 0 Å². The van der Waals surface area contributed by atoms with Crippen molar-refractivity contribution in [2.24, 2.45) is 0 Å². The molecule has 0 radical (unpaired) electrons. The topological polar surface area (TPSA) is 35.3 Å². The SMILES string of the molecule is COc1c(C)cnc(Cc2cc3c(o2)CCC=C3)c1C. The van der Waals surface area contributed by atoms with Gasteiger partial charge in [-0.3, -0.25) is 4.98 Å². The van der Waals surface area contributed by atoms with Gasteiger partial charge < -0.3 is 9.15 Å². The van der Waals surface area contributed by atoms with Crippen LogP contribution >= 0.6 is 0 Å². The number of aryl methyl sites for hydroxylation is 2. The van der Waals surface area contributed by atoms with Crippen LogP contribution in [0, 0.1) is 13.8 Å². The second-order valence-corrected chi connectivity index (χ2v) is 5.26. The maximum Gasteiger partial charge on any atom is 0.128 e. The lowest BCUT2D eigenvalue weighted by Crippen LogP contribution is -2.00. The molecule has 1 aliphatic carbocycles. The highest BCUT2D eigenvalue weighted by Gasteiger charge is 2.15. The lowest BCUT2D eigenvalue weighted by atomic mass is 10.0. The van der Waals surface area contributed by atoms with Gasteiger partial charge >= 0.3 is 0 Å². The summed E-state index contributed by atoms with van der Waals surface area (Å²) in [7, 11) is 1.70. The quantitative estimate of drug-likeness (QED) is 0.849. The third-order valence-electron chi connectivity index (χ3n) is 3.82. The van der Waals surface area contributed by atoms with E-state index in [1.807, 2.05) is 13.1 Å². The largest absolute Gasteiger partial charge is 0.496 e. The van der Waals surface area contributed by atoms with Crippen LogP contribution in [0.15, 0.2) is 22.8 Å². The molecule has 0 aliphatic heterocycles. The molecule has 0 spiro atoms. The predicted molar refractivity (Wildman–Crippen MR) is 79.1 cm³/mol. The van der Waals surface area contributed by atoms with Crippen LogP contribution in [0.3, 0.4) is 0 Å². The molecule has 0 saturated heterocycles. The van der Waals surface area contributed by atoms with Crippen LogP contribution in [0.4, 0.5) is 0 Å². The third-order valence-corrected chi connectivity index (χ3v) is 3.82. The molecule has 0 fully saturated rings. The fourth-order valence-electron chi connectivity index (χ4n) is 2.76. The van der Waals surface area contributed by atoms with E-state index in [-0.39, 0.29) is 0 Å². The maximum atomic E-state index is 5.94. The summed E-state index contributed by atoms with van der Waals surface area (Å²) < 4.78 is 11.4. The molecule has 2 heterocycles. The maximum absolute atomic E-state index is 5.94. The fourth-order valence-corrected chi connectivity index (χ4v) is 2.76. The lowest BCUT2D eigenvalue weighted by Gasteiger charge is -2.11. The van der Waals surface area contributed by atoms with Gasteiger partial charge in [-0.25, -0.2) is 0 Å². The molecule has 3 rings (SSSR count). The summed E-state index contributed by atoms with van der Waals surface area (Å²) in [5.41, 5.74) is 4.39. The zero-order valence-corrected chi connectivity index (χ0v) is 12.2. The first-order valence-corrected chi connectivity index (χ1v) is 6.96. The summed E-state index contributed by atoms with van der Waals surface area (Å²) in [6.07, 6.45) is 8.97. The van der Waals surface area contributed by atoms with Gasteiger partial charge in [-0.15, -0.1) is 0 Å². The molecule has 0 N–H and O–H groups in total.